The number of phenolic OH excluding ortho intramolecular Hbond substituents is 1. The van der Waals surface area contributed by atoms with Crippen molar-refractivity contribution in [2.24, 2.45) is 5.73 Å². The van der Waals surface area contributed by atoms with E-state index in [2.05, 4.69) is 15.2 Å². The summed E-state index contributed by atoms with van der Waals surface area (Å²) in [6.07, 6.45) is 1.36. The Morgan fingerprint density at radius 2 is 1.83 bits per heavy atom. The van der Waals surface area contributed by atoms with Crippen LogP contribution in [0.2, 0.25) is 0 Å². The molecule has 0 saturated carbocycles. The van der Waals surface area contributed by atoms with Gasteiger partial charge in [-0.25, -0.2) is 0 Å². The van der Waals surface area contributed by atoms with Crippen molar-refractivity contribution in [3.05, 3.63) is 98.5 Å². The minimum atomic E-state index is -1.25. The Hall–Kier alpha value is -3.95. The predicted octanol–water partition coefficient (Wildman–Crippen LogP) is 2.73. The lowest BCUT2D eigenvalue weighted by Gasteiger charge is -2.59. The van der Waals surface area contributed by atoms with E-state index in [0.29, 0.717) is 24.1 Å². The summed E-state index contributed by atoms with van der Waals surface area (Å²) in [7, 11) is 1.97. The van der Waals surface area contributed by atoms with Gasteiger partial charge in [0.05, 0.1) is 5.60 Å². The molecule has 2 aliphatic rings. The van der Waals surface area contributed by atoms with Crippen molar-refractivity contribution in [3.63, 3.8) is 0 Å². The number of nitrogens with two attached hydrogens (primary N) is 1. The van der Waals surface area contributed by atoms with E-state index >= 15 is 0 Å². The zero-order valence-corrected chi connectivity index (χ0v) is 25.0. The van der Waals surface area contributed by atoms with Crippen LogP contribution in [-0.4, -0.2) is 63.2 Å². The second-order valence-corrected chi connectivity index (χ2v) is 11.4. The molecule has 9 nitrogen and oxygen atoms in total. The summed E-state index contributed by atoms with van der Waals surface area (Å²) in [5.74, 6) is -1.29. The quantitative estimate of drug-likeness (QED) is 0.306. The smallest absolute Gasteiger partial charge is 0.261 e. The Morgan fingerprint density at radius 1 is 1.14 bits per heavy atom. The molecule has 0 radical (unpaired) electrons. The molecule has 0 spiro atoms. The Labute approximate surface area is 246 Å². The van der Waals surface area contributed by atoms with E-state index in [1.165, 1.54) is 6.07 Å². The van der Waals surface area contributed by atoms with Gasteiger partial charge < -0.3 is 31.1 Å². The van der Waals surface area contributed by atoms with Gasteiger partial charge in [0.25, 0.3) is 11.5 Å². The first-order chi connectivity index (χ1) is 19.9. The number of aromatic amines is 1. The summed E-state index contributed by atoms with van der Waals surface area (Å²) >= 11 is 0. The third kappa shape index (κ3) is 5.46. The molecule has 42 heavy (non-hydrogen) atoms. The maximum Gasteiger partial charge on any atom is 0.261 e. The molecule has 2 amide bonds. The number of likely N-dealkylation sites (N-methyl/N-ethyl adjacent to an activating group) is 1. The number of likely N-dealkylation sites (tertiary alicyclic amines) is 1. The van der Waals surface area contributed by atoms with Crippen LogP contribution in [0.1, 0.15) is 65.5 Å². The van der Waals surface area contributed by atoms with E-state index in [4.69, 9.17) is 5.73 Å². The number of carbonyl (C=O) groups excluding carboxylic acids is 2. The number of primary amides is 1. The van der Waals surface area contributed by atoms with Crippen molar-refractivity contribution < 1.29 is 19.8 Å². The molecule has 6 N–H and O–H groups in total. The van der Waals surface area contributed by atoms with E-state index in [1.807, 2.05) is 71.1 Å². The summed E-state index contributed by atoms with van der Waals surface area (Å²) in [6.45, 7) is 8.68. The average Bonchev–Trinajstić information content (AvgIpc) is 2.97. The fraction of sp³-hybridized carbons (Fsp3) is 0.424. The number of hydrogen-bond donors (Lipinski definition) is 5. The first-order valence-electron chi connectivity index (χ1n) is 14.6. The zero-order valence-electron chi connectivity index (χ0n) is 25.0. The number of aryl methyl sites for hydroxylation is 1. The second-order valence-electron chi connectivity index (χ2n) is 11.4. The number of aliphatic hydroxyl groups is 1. The topological polar surface area (TPSA) is 149 Å². The summed E-state index contributed by atoms with van der Waals surface area (Å²) in [4.78, 5) is 43.7. The third-order valence-corrected chi connectivity index (χ3v) is 9.14. The van der Waals surface area contributed by atoms with Crippen LogP contribution in [-0.2, 0) is 29.5 Å². The van der Waals surface area contributed by atoms with Crippen LogP contribution in [0.4, 0.5) is 0 Å². The van der Waals surface area contributed by atoms with Crippen molar-refractivity contribution >= 4 is 11.8 Å². The van der Waals surface area contributed by atoms with Crippen LogP contribution in [0.25, 0.3) is 0 Å². The maximum atomic E-state index is 13.3. The van der Waals surface area contributed by atoms with E-state index < -0.39 is 34.4 Å². The van der Waals surface area contributed by atoms with Crippen LogP contribution >= 0.6 is 0 Å². The SMILES string of the molecule is CC.Cc1ccc(O)cc1C12CCN(C)C(C)C1(O)Cc1cc(C(=O)NC(Cc3ccccc3)C(N)=O)c(=O)[nH]c1C2. The highest BCUT2D eigenvalue weighted by atomic mass is 16.3. The number of aromatic nitrogens is 1. The number of carbonyl (C=O) groups is 2. The first kappa shape index (κ1) is 31.0. The molecular formula is C33H42N4O5. The summed E-state index contributed by atoms with van der Waals surface area (Å²) < 4.78 is 0. The van der Waals surface area contributed by atoms with Gasteiger partial charge in [0, 0.05) is 36.4 Å². The van der Waals surface area contributed by atoms with E-state index in [1.54, 1.807) is 12.1 Å². The molecule has 2 aromatic carbocycles. The van der Waals surface area contributed by atoms with Gasteiger partial charge in [-0.3, -0.25) is 14.4 Å². The van der Waals surface area contributed by atoms with E-state index in [9.17, 15) is 24.6 Å². The number of benzene rings is 2. The first-order valence-corrected chi connectivity index (χ1v) is 14.6. The minimum absolute atomic E-state index is 0.120. The predicted molar refractivity (Wildman–Crippen MR) is 163 cm³/mol. The molecule has 4 atom stereocenters. The summed E-state index contributed by atoms with van der Waals surface area (Å²) in [5.41, 5.74) is 6.80. The van der Waals surface area contributed by atoms with E-state index in [-0.39, 0.29) is 30.2 Å². The van der Waals surface area contributed by atoms with Crippen molar-refractivity contribution in [1.82, 2.24) is 15.2 Å². The molecule has 9 heteroatoms. The van der Waals surface area contributed by atoms with Crippen LogP contribution in [0, 0.1) is 6.92 Å². The largest absolute Gasteiger partial charge is 0.508 e. The molecule has 224 valence electrons. The van der Waals surface area contributed by atoms with Crippen LogP contribution in [0.15, 0.2) is 59.4 Å². The highest BCUT2D eigenvalue weighted by Crippen LogP contribution is 2.53. The van der Waals surface area contributed by atoms with Gasteiger partial charge in [0.15, 0.2) is 0 Å². The molecule has 1 saturated heterocycles. The van der Waals surface area contributed by atoms with Gasteiger partial charge in [0.1, 0.15) is 17.4 Å². The Morgan fingerprint density at radius 3 is 2.50 bits per heavy atom. The van der Waals surface area contributed by atoms with Crippen LogP contribution in [0.3, 0.4) is 0 Å². The number of hydrogen-bond acceptors (Lipinski definition) is 6. The Balaban J connectivity index is 0.00000198. The lowest BCUT2D eigenvalue weighted by atomic mass is 9.53. The Bertz CT molecular complexity index is 1520. The van der Waals surface area contributed by atoms with Crippen molar-refractivity contribution in [2.45, 2.75) is 76.5 Å². The molecule has 3 aromatic rings. The molecule has 1 aromatic heterocycles. The monoisotopic (exact) mass is 574 g/mol. The van der Waals surface area contributed by atoms with Crippen LogP contribution in [0.5, 0.6) is 5.75 Å². The van der Waals surface area contributed by atoms with Crippen molar-refractivity contribution in [2.75, 3.05) is 13.6 Å². The van der Waals surface area contributed by atoms with Gasteiger partial charge in [-0.15, -0.1) is 0 Å². The number of fused-ring (bicyclic) bond motifs is 2. The van der Waals surface area contributed by atoms with Gasteiger partial charge in [-0.05, 0) is 74.3 Å². The van der Waals surface area contributed by atoms with Crippen LogP contribution < -0.4 is 16.6 Å². The van der Waals surface area contributed by atoms with Crippen molar-refractivity contribution in [3.8, 4) is 5.75 Å². The lowest BCUT2D eigenvalue weighted by molar-refractivity contribution is -0.132. The molecule has 5 rings (SSSR count). The minimum Gasteiger partial charge on any atom is -0.508 e. The molecule has 1 aliphatic carbocycles. The van der Waals surface area contributed by atoms with E-state index in [0.717, 1.165) is 23.2 Å². The number of H-pyrrole nitrogens is 1. The molecule has 1 aliphatic heterocycles. The number of nitrogens with zero attached hydrogens (tertiary/aromatic N) is 1. The fourth-order valence-corrected chi connectivity index (χ4v) is 6.69. The number of pyridine rings is 1. The number of amides is 2. The Kier molecular flexibility index (Phi) is 8.94. The highest BCUT2D eigenvalue weighted by molar-refractivity contribution is 5.97. The number of nitrogens with one attached hydrogen (secondary N) is 2. The zero-order chi connectivity index (χ0) is 30.8. The van der Waals surface area contributed by atoms with Gasteiger partial charge in [-0.1, -0.05) is 50.2 Å². The molecular weight excluding hydrogens is 532 g/mol. The third-order valence-electron chi connectivity index (χ3n) is 9.14. The number of rotatable bonds is 6. The average molecular weight is 575 g/mol. The fourth-order valence-electron chi connectivity index (χ4n) is 6.69. The second kappa shape index (κ2) is 12.1. The number of aromatic hydroxyl groups is 1. The van der Waals surface area contributed by atoms with Gasteiger partial charge >= 0.3 is 0 Å². The molecule has 1 fully saturated rings. The maximum absolute atomic E-state index is 13.3. The van der Waals surface area contributed by atoms with Crippen molar-refractivity contribution in [1.29, 1.82) is 0 Å². The molecule has 4 unspecified atom stereocenters. The normalized spacial score (nSPS) is 23.9. The number of piperidine rings is 1. The van der Waals surface area contributed by atoms with Gasteiger partial charge in [-0.2, -0.15) is 0 Å². The standard InChI is InChI=1S/C31H36N4O5.C2H6/c1-18-9-10-22(36)15-24(18)30-11-12-35(3)19(2)31(30,40)16-21-14-23(29(39)34-26(21)17-30)28(38)33-25(27(32)37)13-20-7-5-4-6-8-20;1-2/h4-10,14-15,19,25,36,40H,11-13,16-17H2,1-3H3,(H2,32,37)(H,33,38)(H,34,39);1-2H3. The number of phenols is 1. The summed E-state index contributed by atoms with van der Waals surface area (Å²) in [6, 6.07) is 14.7. The molecule has 0 bridgehead atoms. The highest BCUT2D eigenvalue weighted by Gasteiger charge is 2.60. The molecule has 2 heterocycles. The lowest BCUT2D eigenvalue weighted by Crippen LogP contribution is -2.70. The summed E-state index contributed by atoms with van der Waals surface area (Å²) in [5, 5.41) is 25.5. The van der Waals surface area contributed by atoms with Gasteiger partial charge in [0.2, 0.25) is 5.91 Å².